The molecule has 1 atom stereocenters. The van der Waals surface area contributed by atoms with Gasteiger partial charge in [0.2, 0.25) is 0 Å². The van der Waals surface area contributed by atoms with Crippen LogP contribution in [0.15, 0.2) is 18.2 Å². The zero-order valence-corrected chi connectivity index (χ0v) is 14.9. The minimum Gasteiger partial charge on any atom is -0.490 e. The standard InChI is InChI=1S/C16H23F3O2Si/c1-14(2,3)22(5,6)21-15(4)10-20-13-8-7-11(9-12(13)15)16(17,18)19/h7-9H,10H2,1-6H3/t15-/m0/s1. The summed E-state index contributed by atoms with van der Waals surface area (Å²) in [5.74, 6) is 0.481. The van der Waals surface area contributed by atoms with Crippen LogP contribution in [0.25, 0.3) is 0 Å². The minimum absolute atomic E-state index is 0.0274. The van der Waals surface area contributed by atoms with Crippen molar-refractivity contribution in [1.82, 2.24) is 0 Å². The Bertz CT molecular complexity index is 576. The van der Waals surface area contributed by atoms with Gasteiger partial charge in [-0.05, 0) is 43.3 Å². The van der Waals surface area contributed by atoms with Crippen molar-refractivity contribution in [3.63, 3.8) is 0 Å². The molecule has 0 saturated carbocycles. The van der Waals surface area contributed by atoms with Gasteiger partial charge in [0, 0.05) is 5.56 Å². The first-order chi connectivity index (χ1) is 9.76. The van der Waals surface area contributed by atoms with E-state index >= 15 is 0 Å². The van der Waals surface area contributed by atoms with Crippen LogP contribution < -0.4 is 4.74 Å². The van der Waals surface area contributed by atoms with E-state index in [1.165, 1.54) is 6.07 Å². The molecule has 0 aromatic heterocycles. The molecule has 0 fully saturated rings. The zero-order valence-electron chi connectivity index (χ0n) is 13.9. The van der Waals surface area contributed by atoms with Crippen LogP contribution in [0.1, 0.15) is 38.8 Å². The molecule has 0 amide bonds. The zero-order chi connectivity index (χ0) is 17.0. The molecule has 0 bridgehead atoms. The Morgan fingerprint density at radius 3 is 2.27 bits per heavy atom. The molecule has 1 heterocycles. The summed E-state index contributed by atoms with van der Waals surface area (Å²) in [6.07, 6.45) is -4.37. The Morgan fingerprint density at radius 2 is 1.77 bits per heavy atom. The normalized spacial score (nSPS) is 22.4. The van der Waals surface area contributed by atoms with Gasteiger partial charge in [-0.15, -0.1) is 0 Å². The van der Waals surface area contributed by atoms with E-state index in [2.05, 4.69) is 33.9 Å². The van der Waals surface area contributed by atoms with Gasteiger partial charge in [-0.1, -0.05) is 20.8 Å². The van der Waals surface area contributed by atoms with E-state index in [0.717, 1.165) is 12.1 Å². The number of alkyl halides is 3. The molecular formula is C16H23F3O2Si. The Balaban J connectivity index is 2.42. The van der Waals surface area contributed by atoms with Crippen molar-refractivity contribution in [3.8, 4) is 5.75 Å². The molecule has 1 aromatic carbocycles. The van der Waals surface area contributed by atoms with Crippen LogP contribution in [0, 0.1) is 0 Å². The van der Waals surface area contributed by atoms with Crippen LogP contribution in [0.2, 0.25) is 18.1 Å². The number of ether oxygens (including phenoxy) is 1. The summed E-state index contributed by atoms with van der Waals surface area (Å²) in [6, 6.07) is 3.60. The van der Waals surface area contributed by atoms with Crippen molar-refractivity contribution in [2.45, 2.75) is 57.6 Å². The van der Waals surface area contributed by atoms with Crippen LogP contribution in [0.3, 0.4) is 0 Å². The Morgan fingerprint density at radius 1 is 1.18 bits per heavy atom. The summed E-state index contributed by atoms with van der Waals surface area (Å²) in [6.45, 7) is 12.5. The number of hydrogen-bond acceptors (Lipinski definition) is 2. The summed E-state index contributed by atoms with van der Waals surface area (Å²) in [5.41, 5.74) is -1.01. The molecule has 0 unspecified atom stereocenters. The molecule has 0 radical (unpaired) electrons. The van der Waals surface area contributed by atoms with E-state index in [0.29, 0.717) is 11.3 Å². The summed E-state index contributed by atoms with van der Waals surface area (Å²) in [4.78, 5) is 0. The first-order valence-electron chi connectivity index (χ1n) is 7.31. The van der Waals surface area contributed by atoms with Crippen LogP contribution in [-0.2, 0) is 16.2 Å². The average Bonchev–Trinajstić information content (AvgIpc) is 2.63. The Labute approximate surface area is 130 Å². The average molecular weight is 332 g/mol. The predicted octanol–water partition coefficient (Wildman–Crippen LogP) is 5.33. The van der Waals surface area contributed by atoms with Crippen molar-refractivity contribution in [3.05, 3.63) is 29.3 Å². The van der Waals surface area contributed by atoms with Gasteiger partial charge in [-0.25, -0.2) is 0 Å². The first-order valence-corrected chi connectivity index (χ1v) is 10.2. The molecule has 0 aliphatic carbocycles. The van der Waals surface area contributed by atoms with Crippen LogP contribution in [0.5, 0.6) is 5.75 Å². The van der Waals surface area contributed by atoms with Crippen molar-refractivity contribution >= 4 is 8.32 Å². The highest BCUT2D eigenvalue weighted by molar-refractivity contribution is 6.74. The molecule has 2 nitrogen and oxygen atoms in total. The quantitative estimate of drug-likeness (QED) is 0.681. The van der Waals surface area contributed by atoms with E-state index in [-0.39, 0.29) is 11.6 Å². The van der Waals surface area contributed by atoms with E-state index in [4.69, 9.17) is 9.16 Å². The summed E-state index contributed by atoms with van der Waals surface area (Å²) < 4.78 is 50.8. The van der Waals surface area contributed by atoms with Crippen LogP contribution in [-0.4, -0.2) is 14.9 Å². The summed E-state index contributed by atoms with van der Waals surface area (Å²) in [5, 5.41) is -0.0274. The largest absolute Gasteiger partial charge is 0.490 e. The van der Waals surface area contributed by atoms with Crippen molar-refractivity contribution in [1.29, 1.82) is 0 Å². The van der Waals surface area contributed by atoms with Crippen LogP contribution in [0.4, 0.5) is 13.2 Å². The number of halogens is 3. The smallest absolute Gasteiger partial charge is 0.416 e. The number of benzene rings is 1. The molecule has 1 aliphatic rings. The maximum atomic E-state index is 13.0. The fourth-order valence-electron chi connectivity index (χ4n) is 2.34. The second-order valence-corrected chi connectivity index (χ2v) is 12.3. The molecule has 2 rings (SSSR count). The van der Waals surface area contributed by atoms with Gasteiger partial charge in [0.1, 0.15) is 18.0 Å². The lowest BCUT2D eigenvalue weighted by Gasteiger charge is -2.42. The van der Waals surface area contributed by atoms with E-state index in [1.54, 1.807) is 0 Å². The Hall–Kier alpha value is -1.01. The summed E-state index contributed by atoms with van der Waals surface area (Å²) >= 11 is 0. The lowest BCUT2D eigenvalue weighted by atomic mass is 9.96. The first kappa shape index (κ1) is 17.3. The second kappa shape index (κ2) is 4.99. The van der Waals surface area contributed by atoms with Crippen LogP contribution >= 0.6 is 0 Å². The lowest BCUT2D eigenvalue weighted by molar-refractivity contribution is -0.137. The minimum atomic E-state index is -4.37. The van der Waals surface area contributed by atoms with E-state index in [1.807, 2.05) is 6.92 Å². The van der Waals surface area contributed by atoms with Crippen molar-refractivity contribution in [2.24, 2.45) is 0 Å². The molecule has 124 valence electrons. The third-order valence-electron chi connectivity index (χ3n) is 4.67. The van der Waals surface area contributed by atoms with Gasteiger partial charge in [-0.2, -0.15) is 13.2 Å². The lowest BCUT2D eigenvalue weighted by Crippen LogP contribution is -2.48. The molecule has 22 heavy (non-hydrogen) atoms. The molecule has 6 heteroatoms. The summed E-state index contributed by atoms with van der Waals surface area (Å²) in [7, 11) is -2.14. The molecule has 0 N–H and O–H groups in total. The molecule has 0 saturated heterocycles. The molecule has 0 spiro atoms. The monoisotopic (exact) mass is 332 g/mol. The number of hydrogen-bond donors (Lipinski definition) is 0. The highest BCUT2D eigenvalue weighted by Gasteiger charge is 2.48. The van der Waals surface area contributed by atoms with Gasteiger partial charge < -0.3 is 9.16 Å². The third kappa shape index (κ3) is 3.04. The van der Waals surface area contributed by atoms with E-state index in [9.17, 15) is 13.2 Å². The fourth-order valence-corrected chi connectivity index (χ4v) is 3.94. The SMILES string of the molecule is CC(C)(C)[Si](C)(C)O[C@@]1(C)COc2ccc(C(F)(F)F)cc21. The predicted molar refractivity (Wildman–Crippen MR) is 82.6 cm³/mol. The number of fused-ring (bicyclic) bond motifs is 1. The number of rotatable bonds is 2. The maximum Gasteiger partial charge on any atom is 0.416 e. The fraction of sp³-hybridized carbons (Fsp3) is 0.625. The van der Waals surface area contributed by atoms with Crippen molar-refractivity contribution < 1.29 is 22.3 Å². The molecular weight excluding hydrogens is 309 g/mol. The van der Waals surface area contributed by atoms with Gasteiger partial charge in [0.25, 0.3) is 0 Å². The molecule has 1 aromatic rings. The van der Waals surface area contributed by atoms with Gasteiger partial charge in [0.15, 0.2) is 8.32 Å². The highest BCUT2D eigenvalue weighted by atomic mass is 28.4. The van der Waals surface area contributed by atoms with Gasteiger partial charge >= 0.3 is 6.18 Å². The van der Waals surface area contributed by atoms with Gasteiger partial charge in [0.05, 0.1) is 5.56 Å². The topological polar surface area (TPSA) is 18.5 Å². The van der Waals surface area contributed by atoms with E-state index < -0.39 is 25.7 Å². The molecule has 1 aliphatic heterocycles. The third-order valence-corrected chi connectivity index (χ3v) is 9.24. The highest BCUT2D eigenvalue weighted by Crippen LogP contribution is 2.47. The van der Waals surface area contributed by atoms with Crippen molar-refractivity contribution in [2.75, 3.05) is 6.61 Å². The Kier molecular flexibility index (Phi) is 3.94. The maximum absolute atomic E-state index is 13.0. The second-order valence-electron chi connectivity index (χ2n) is 7.59. The van der Waals surface area contributed by atoms with Gasteiger partial charge in [-0.3, -0.25) is 0 Å².